The third-order valence-electron chi connectivity index (χ3n) is 3.61. The topological polar surface area (TPSA) is 83.9 Å². The third kappa shape index (κ3) is 2.44. The van der Waals surface area contributed by atoms with Crippen LogP contribution in [-0.2, 0) is 25.2 Å². The van der Waals surface area contributed by atoms with Gasteiger partial charge in [0.25, 0.3) is 11.7 Å². The summed E-state index contributed by atoms with van der Waals surface area (Å²) in [5.74, 6) is -2.06. The summed E-state index contributed by atoms with van der Waals surface area (Å²) in [6.07, 6.45) is 0. The predicted octanol–water partition coefficient (Wildman–Crippen LogP) is 2.16. The zero-order valence-corrected chi connectivity index (χ0v) is 13.9. The van der Waals surface area contributed by atoms with Gasteiger partial charge in [0.2, 0.25) is 21.4 Å². The maximum atomic E-state index is 12.4. The molecule has 120 valence electrons. The van der Waals surface area contributed by atoms with Crippen LogP contribution in [0.25, 0.3) is 0 Å². The Hall–Kier alpha value is -1.73. The first-order valence-corrected chi connectivity index (χ1v) is 8.52. The molecule has 0 bridgehead atoms. The van der Waals surface area contributed by atoms with Gasteiger partial charge in [-0.1, -0.05) is 29.8 Å². The van der Waals surface area contributed by atoms with Crippen molar-refractivity contribution < 1.29 is 23.1 Å². The predicted molar refractivity (Wildman–Crippen MR) is 81.8 cm³/mol. The summed E-state index contributed by atoms with van der Waals surface area (Å²) in [5.41, 5.74) is -1.22. The first kappa shape index (κ1) is 16.6. The average Bonchev–Trinajstić information content (AvgIpc) is 2.72. The van der Waals surface area contributed by atoms with Crippen LogP contribution < -0.4 is 0 Å². The number of hydrogen-bond donors (Lipinski definition) is 1. The quantitative estimate of drug-likeness (QED) is 0.904. The molecule has 6 nitrogen and oxygen atoms in total. The van der Waals surface area contributed by atoms with Gasteiger partial charge in [-0.05, 0) is 19.9 Å². The van der Waals surface area contributed by atoms with Crippen molar-refractivity contribution in [2.45, 2.75) is 19.4 Å². The Labute approximate surface area is 134 Å². The van der Waals surface area contributed by atoms with E-state index in [0.717, 1.165) is 4.31 Å². The highest BCUT2D eigenvalue weighted by atomic mass is 35.5. The molecule has 0 saturated heterocycles. The highest BCUT2D eigenvalue weighted by Gasteiger charge is 2.50. The Kier molecular flexibility index (Phi) is 4.14. The zero-order chi connectivity index (χ0) is 16.7. The van der Waals surface area contributed by atoms with Crippen molar-refractivity contribution in [3.63, 3.8) is 0 Å². The normalized spacial score (nSPS) is 21.9. The molecule has 0 amide bonds. The monoisotopic (exact) mass is 345 g/mol. The number of nitrogens with zero attached hydrogens (tertiary/aromatic N) is 1. The molecule has 1 unspecified atom stereocenters. The van der Waals surface area contributed by atoms with Crippen molar-refractivity contribution in [2.24, 2.45) is 0 Å². The fraction of sp³-hybridized carbons (Fsp3) is 0.357. The van der Waals surface area contributed by atoms with Gasteiger partial charge in [-0.2, -0.15) is 0 Å². The lowest BCUT2D eigenvalue weighted by Crippen LogP contribution is -2.33. The maximum absolute atomic E-state index is 12.4. The highest BCUT2D eigenvalue weighted by Crippen LogP contribution is 2.41. The molecule has 22 heavy (non-hydrogen) atoms. The van der Waals surface area contributed by atoms with Crippen LogP contribution in [0.15, 0.2) is 35.9 Å². The van der Waals surface area contributed by atoms with Crippen LogP contribution in [0, 0.1) is 0 Å². The van der Waals surface area contributed by atoms with Gasteiger partial charge in [0, 0.05) is 17.6 Å². The number of sulfonamides is 1. The van der Waals surface area contributed by atoms with Crippen LogP contribution in [-0.4, -0.2) is 36.4 Å². The van der Waals surface area contributed by atoms with Crippen molar-refractivity contribution in [1.82, 2.24) is 4.31 Å². The molecule has 1 heterocycles. The van der Waals surface area contributed by atoms with Crippen LogP contribution in [0.1, 0.15) is 19.4 Å². The summed E-state index contributed by atoms with van der Waals surface area (Å²) >= 11 is 6.09. The van der Waals surface area contributed by atoms with E-state index in [2.05, 4.69) is 0 Å². The van der Waals surface area contributed by atoms with E-state index < -0.39 is 33.0 Å². The minimum absolute atomic E-state index is 0.194. The highest BCUT2D eigenvalue weighted by molar-refractivity contribution is 7.89. The van der Waals surface area contributed by atoms with Crippen LogP contribution in [0.2, 0.25) is 5.02 Å². The van der Waals surface area contributed by atoms with Gasteiger partial charge >= 0.3 is 0 Å². The second-order valence-corrected chi connectivity index (χ2v) is 7.66. The second kappa shape index (κ2) is 5.48. The number of carbonyl (C=O) groups is 1. The Morgan fingerprint density at radius 1 is 1.36 bits per heavy atom. The number of ether oxygens (including phenoxy) is 1. The van der Waals surface area contributed by atoms with E-state index in [1.54, 1.807) is 24.3 Å². The number of Topliss-reactive ketones (excluding diaryl/α,β-unsaturated/α-hetero) is 1. The summed E-state index contributed by atoms with van der Waals surface area (Å²) in [4.78, 5) is 12.4. The van der Waals surface area contributed by atoms with Crippen LogP contribution in [0.5, 0.6) is 0 Å². The number of hydrogen-bond acceptors (Lipinski definition) is 5. The van der Waals surface area contributed by atoms with Crippen molar-refractivity contribution >= 4 is 27.4 Å². The van der Waals surface area contributed by atoms with Crippen molar-refractivity contribution in [2.75, 3.05) is 12.8 Å². The third-order valence-corrected chi connectivity index (χ3v) is 5.67. The molecule has 0 radical (unpaired) electrons. The first-order chi connectivity index (χ1) is 10.1. The summed E-state index contributed by atoms with van der Waals surface area (Å²) in [7, 11) is -2.46. The molecule has 0 saturated carbocycles. The first-order valence-electron chi connectivity index (χ1n) is 6.53. The van der Waals surface area contributed by atoms with Crippen LogP contribution in [0.3, 0.4) is 0 Å². The number of benzene rings is 1. The average molecular weight is 346 g/mol. The molecule has 0 spiro atoms. The SMILES string of the molecule is CCS(=O)(=O)N(C)C1=C(O)C(=O)C(C)(c2ccccc2Cl)O1. The molecule has 1 atom stereocenters. The molecule has 0 aromatic heterocycles. The van der Waals surface area contributed by atoms with Crippen molar-refractivity contribution in [1.29, 1.82) is 0 Å². The van der Waals surface area contributed by atoms with Gasteiger partial charge in [0.15, 0.2) is 0 Å². The Balaban J connectivity index is 2.49. The smallest absolute Gasteiger partial charge is 0.251 e. The lowest BCUT2D eigenvalue weighted by Gasteiger charge is -2.27. The van der Waals surface area contributed by atoms with Crippen LogP contribution >= 0.6 is 11.6 Å². The summed E-state index contributed by atoms with van der Waals surface area (Å²) in [5, 5.41) is 10.3. The summed E-state index contributed by atoms with van der Waals surface area (Å²) in [6, 6.07) is 6.53. The standard InChI is InChI=1S/C14H16ClNO5S/c1-4-22(19,20)16(3)13-11(17)12(18)14(2,21-13)9-7-5-6-8-10(9)15/h5-8,17H,4H2,1-3H3. The summed E-state index contributed by atoms with van der Waals surface area (Å²) < 4.78 is 30.1. The van der Waals surface area contributed by atoms with E-state index in [0.29, 0.717) is 5.56 Å². The van der Waals surface area contributed by atoms with Gasteiger partial charge < -0.3 is 9.84 Å². The zero-order valence-electron chi connectivity index (χ0n) is 12.3. The Morgan fingerprint density at radius 3 is 2.50 bits per heavy atom. The van der Waals surface area contributed by atoms with E-state index >= 15 is 0 Å². The van der Waals surface area contributed by atoms with Crippen LogP contribution in [0.4, 0.5) is 0 Å². The fourth-order valence-corrected chi connectivity index (χ4v) is 3.25. The largest absolute Gasteiger partial charge is 0.501 e. The van der Waals surface area contributed by atoms with Gasteiger partial charge in [-0.15, -0.1) is 0 Å². The number of aliphatic hydroxyl groups excluding tert-OH is 1. The molecule has 1 aromatic rings. The molecule has 0 aliphatic carbocycles. The van der Waals surface area contributed by atoms with Gasteiger partial charge in [0.1, 0.15) is 0 Å². The van der Waals surface area contributed by atoms with E-state index in [1.807, 2.05) is 0 Å². The molecule has 0 fully saturated rings. The van der Waals surface area contributed by atoms with Gasteiger partial charge in [-0.3, -0.25) is 4.79 Å². The lowest BCUT2D eigenvalue weighted by atomic mass is 9.91. The molecule has 1 aliphatic heterocycles. The van der Waals surface area contributed by atoms with Gasteiger partial charge in [0.05, 0.1) is 5.75 Å². The minimum atomic E-state index is -3.68. The van der Waals surface area contributed by atoms with Crippen molar-refractivity contribution in [3.8, 4) is 0 Å². The van der Waals surface area contributed by atoms with E-state index in [1.165, 1.54) is 20.9 Å². The maximum Gasteiger partial charge on any atom is 0.251 e. The van der Waals surface area contributed by atoms with E-state index in [-0.39, 0.29) is 10.8 Å². The Bertz CT molecular complexity index is 758. The fourth-order valence-electron chi connectivity index (χ4n) is 2.17. The minimum Gasteiger partial charge on any atom is -0.501 e. The summed E-state index contributed by atoms with van der Waals surface area (Å²) in [6.45, 7) is 2.89. The number of aliphatic hydroxyl groups is 1. The molecule has 1 aliphatic rings. The van der Waals surface area contributed by atoms with Crippen molar-refractivity contribution in [3.05, 3.63) is 46.5 Å². The lowest BCUT2D eigenvalue weighted by molar-refractivity contribution is -0.132. The molecular weight excluding hydrogens is 330 g/mol. The van der Waals surface area contributed by atoms with Gasteiger partial charge in [-0.25, -0.2) is 12.7 Å². The van der Waals surface area contributed by atoms with E-state index in [4.69, 9.17) is 16.3 Å². The molecule has 8 heteroatoms. The molecule has 1 N–H and O–H groups in total. The number of halogens is 1. The second-order valence-electron chi connectivity index (χ2n) is 4.97. The molecular formula is C14H16ClNO5S. The number of rotatable bonds is 4. The molecule has 2 rings (SSSR count). The number of ketones is 1. The Morgan fingerprint density at radius 2 is 1.95 bits per heavy atom. The number of carbonyl (C=O) groups excluding carboxylic acids is 1. The van der Waals surface area contributed by atoms with E-state index in [9.17, 15) is 18.3 Å². The molecule has 1 aromatic carbocycles.